The van der Waals surface area contributed by atoms with Gasteiger partial charge in [-0.3, -0.25) is 0 Å². The topological polar surface area (TPSA) is 72.2 Å². The van der Waals surface area contributed by atoms with Crippen LogP contribution in [0.15, 0.2) is 41.3 Å². The molecule has 2 aromatic rings. The predicted octanol–water partition coefficient (Wildman–Crippen LogP) is 2.11. The Hall–Kier alpha value is -1.59. The minimum atomic E-state index is -3.41. The molecule has 2 aromatic carbocycles. The van der Waals surface area contributed by atoms with E-state index in [0.29, 0.717) is 12.2 Å². The number of nitrogens with two attached hydrogens (primary N) is 1. The third-order valence-electron chi connectivity index (χ3n) is 2.69. The zero-order valence-corrected chi connectivity index (χ0v) is 11.0. The Bertz CT molecular complexity index is 666. The molecule has 3 N–H and O–H groups in total. The Morgan fingerprint density at radius 1 is 1.11 bits per heavy atom. The molecule has 0 heterocycles. The molecule has 18 heavy (non-hydrogen) atoms. The van der Waals surface area contributed by atoms with Gasteiger partial charge in [-0.2, -0.15) is 0 Å². The van der Waals surface area contributed by atoms with E-state index in [1.165, 1.54) is 0 Å². The summed E-state index contributed by atoms with van der Waals surface area (Å²) in [5.41, 5.74) is 6.35. The monoisotopic (exact) mass is 264 g/mol. The van der Waals surface area contributed by atoms with Gasteiger partial charge in [0.25, 0.3) is 0 Å². The molecular formula is C13H16N2O2S. The molecule has 96 valence electrons. The molecule has 0 radical (unpaired) electrons. The van der Waals surface area contributed by atoms with Crippen molar-refractivity contribution < 1.29 is 8.42 Å². The van der Waals surface area contributed by atoms with E-state index in [1.807, 2.05) is 19.1 Å². The number of anilines is 1. The predicted molar refractivity (Wildman–Crippen MR) is 73.8 cm³/mol. The second kappa shape index (κ2) is 4.96. The first-order valence-electron chi connectivity index (χ1n) is 5.82. The highest BCUT2D eigenvalue weighted by Crippen LogP contribution is 2.21. The number of benzene rings is 2. The lowest BCUT2D eigenvalue weighted by molar-refractivity contribution is 0.581. The molecule has 0 aliphatic carbocycles. The van der Waals surface area contributed by atoms with E-state index in [0.717, 1.165) is 17.2 Å². The molecular weight excluding hydrogens is 248 g/mol. The Kier molecular flexibility index (Phi) is 3.54. The molecule has 4 nitrogen and oxygen atoms in total. The first-order chi connectivity index (χ1) is 8.53. The van der Waals surface area contributed by atoms with Gasteiger partial charge in [-0.15, -0.1) is 0 Å². The number of rotatable bonds is 4. The minimum absolute atomic E-state index is 0.285. The number of nitrogens with one attached hydrogen (secondary N) is 1. The highest BCUT2D eigenvalue weighted by Gasteiger charge is 2.13. The maximum Gasteiger partial charge on any atom is 0.240 e. The molecule has 0 fully saturated rings. The molecule has 0 aliphatic heterocycles. The molecule has 2 rings (SSSR count). The number of sulfonamides is 1. The summed E-state index contributed by atoms with van der Waals surface area (Å²) in [4.78, 5) is 0.285. The standard InChI is InChI=1S/C13H16N2O2S/c1-2-7-15-18(16,17)13-6-4-10-8-12(14)5-3-11(10)9-13/h3-6,8-9,15H,2,7,14H2,1H3. The summed E-state index contributed by atoms with van der Waals surface area (Å²) >= 11 is 0. The van der Waals surface area contributed by atoms with Crippen molar-refractivity contribution in [3.63, 3.8) is 0 Å². The van der Waals surface area contributed by atoms with Crippen LogP contribution in [-0.2, 0) is 10.0 Å². The van der Waals surface area contributed by atoms with Crippen molar-refractivity contribution in [2.75, 3.05) is 12.3 Å². The number of hydrogen-bond donors (Lipinski definition) is 2. The van der Waals surface area contributed by atoms with Crippen LogP contribution in [0.5, 0.6) is 0 Å². The third kappa shape index (κ3) is 2.63. The molecule has 0 bridgehead atoms. The van der Waals surface area contributed by atoms with Crippen molar-refractivity contribution in [2.24, 2.45) is 0 Å². The molecule has 0 saturated carbocycles. The lowest BCUT2D eigenvalue weighted by Crippen LogP contribution is -2.24. The van der Waals surface area contributed by atoms with Crippen LogP contribution >= 0.6 is 0 Å². The quantitative estimate of drug-likeness (QED) is 0.831. The molecule has 0 aliphatic rings. The Balaban J connectivity index is 2.44. The van der Waals surface area contributed by atoms with Crippen LogP contribution in [-0.4, -0.2) is 15.0 Å². The van der Waals surface area contributed by atoms with E-state index < -0.39 is 10.0 Å². The maximum absolute atomic E-state index is 12.0. The van der Waals surface area contributed by atoms with E-state index >= 15 is 0 Å². The molecule has 0 saturated heterocycles. The van der Waals surface area contributed by atoms with Gasteiger partial charge in [0, 0.05) is 12.2 Å². The Morgan fingerprint density at radius 3 is 2.50 bits per heavy atom. The van der Waals surface area contributed by atoms with E-state index in [2.05, 4.69) is 4.72 Å². The first kappa shape index (κ1) is 12.9. The first-order valence-corrected chi connectivity index (χ1v) is 7.30. The van der Waals surface area contributed by atoms with Gasteiger partial charge < -0.3 is 5.73 Å². The number of fused-ring (bicyclic) bond motifs is 1. The van der Waals surface area contributed by atoms with Crippen LogP contribution in [0.4, 0.5) is 5.69 Å². The summed E-state index contributed by atoms with van der Waals surface area (Å²) in [7, 11) is -3.41. The van der Waals surface area contributed by atoms with Gasteiger partial charge in [0.1, 0.15) is 0 Å². The summed E-state index contributed by atoms with van der Waals surface area (Å²) in [5, 5.41) is 1.80. The summed E-state index contributed by atoms with van der Waals surface area (Å²) in [5.74, 6) is 0. The fraction of sp³-hybridized carbons (Fsp3) is 0.231. The van der Waals surface area contributed by atoms with E-state index in [1.54, 1.807) is 24.3 Å². The minimum Gasteiger partial charge on any atom is -0.399 e. The largest absolute Gasteiger partial charge is 0.399 e. The average Bonchev–Trinajstić information content (AvgIpc) is 2.35. The number of nitrogen functional groups attached to an aromatic ring is 1. The van der Waals surface area contributed by atoms with Gasteiger partial charge in [-0.25, -0.2) is 13.1 Å². The summed E-state index contributed by atoms with van der Waals surface area (Å²) < 4.78 is 26.5. The van der Waals surface area contributed by atoms with Gasteiger partial charge in [0.15, 0.2) is 0 Å². The van der Waals surface area contributed by atoms with Crippen LogP contribution in [0.1, 0.15) is 13.3 Å². The van der Waals surface area contributed by atoms with Crippen LogP contribution in [0.2, 0.25) is 0 Å². The number of hydrogen-bond acceptors (Lipinski definition) is 3. The van der Waals surface area contributed by atoms with Crippen LogP contribution < -0.4 is 10.5 Å². The van der Waals surface area contributed by atoms with Crippen molar-refractivity contribution in [2.45, 2.75) is 18.2 Å². The smallest absolute Gasteiger partial charge is 0.240 e. The second-order valence-corrected chi connectivity index (χ2v) is 5.93. The van der Waals surface area contributed by atoms with E-state index in [9.17, 15) is 8.42 Å². The zero-order valence-electron chi connectivity index (χ0n) is 10.2. The van der Waals surface area contributed by atoms with Gasteiger partial charge in [-0.1, -0.05) is 19.1 Å². The van der Waals surface area contributed by atoms with Crippen molar-refractivity contribution in [3.05, 3.63) is 36.4 Å². The van der Waals surface area contributed by atoms with E-state index in [4.69, 9.17) is 5.73 Å². The summed E-state index contributed by atoms with van der Waals surface area (Å²) in [6.07, 6.45) is 0.767. The van der Waals surface area contributed by atoms with Crippen molar-refractivity contribution in [1.29, 1.82) is 0 Å². The second-order valence-electron chi connectivity index (χ2n) is 4.17. The normalized spacial score (nSPS) is 11.8. The molecule has 0 atom stereocenters. The fourth-order valence-corrected chi connectivity index (χ4v) is 2.90. The molecule has 0 amide bonds. The highest BCUT2D eigenvalue weighted by atomic mass is 32.2. The lowest BCUT2D eigenvalue weighted by Gasteiger charge is -2.07. The van der Waals surface area contributed by atoms with Gasteiger partial charge >= 0.3 is 0 Å². The van der Waals surface area contributed by atoms with Gasteiger partial charge in [0.05, 0.1) is 4.90 Å². The lowest BCUT2D eigenvalue weighted by atomic mass is 10.1. The molecule has 0 spiro atoms. The zero-order chi connectivity index (χ0) is 13.2. The van der Waals surface area contributed by atoms with Gasteiger partial charge in [0.2, 0.25) is 10.0 Å². The molecule has 5 heteroatoms. The Morgan fingerprint density at radius 2 is 1.78 bits per heavy atom. The fourth-order valence-electron chi connectivity index (χ4n) is 1.73. The highest BCUT2D eigenvalue weighted by molar-refractivity contribution is 7.89. The van der Waals surface area contributed by atoms with Crippen LogP contribution in [0.3, 0.4) is 0 Å². The van der Waals surface area contributed by atoms with Crippen LogP contribution in [0.25, 0.3) is 10.8 Å². The molecule has 0 unspecified atom stereocenters. The summed E-state index contributed by atoms with van der Waals surface area (Å²) in [6.45, 7) is 2.37. The van der Waals surface area contributed by atoms with Crippen molar-refractivity contribution in [3.8, 4) is 0 Å². The summed E-state index contributed by atoms with van der Waals surface area (Å²) in [6, 6.07) is 10.4. The maximum atomic E-state index is 12.0. The van der Waals surface area contributed by atoms with Crippen molar-refractivity contribution >= 4 is 26.5 Å². The molecule has 0 aromatic heterocycles. The third-order valence-corrected chi connectivity index (χ3v) is 4.15. The van der Waals surface area contributed by atoms with Crippen molar-refractivity contribution in [1.82, 2.24) is 4.72 Å². The average molecular weight is 264 g/mol. The van der Waals surface area contributed by atoms with Gasteiger partial charge in [-0.05, 0) is 41.5 Å². The Labute approximate surface area is 107 Å². The SMILES string of the molecule is CCCNS(=O)(=O)c1ccc2cc(N)ccc2c1. The van der Waals surface area contributed by atoms with E-state index in [-0.39, 0.29) is 4.90 Å². The van der Waals surface area contributed by atoms with Crippen LogP contribution in [0, 0.1) is 0 Å².